The van der Waals surface area contributed by atoms with Crippen LogP contribution in [-0.2, 0) is 17.8 Å². The summed E-state index contributed by atoms with van der Waals surface area (Å²) >= 11 is 0. The molecular formula is C17H20N4O. The van der Waals surface area contributed by atoms with Gasteiger partial charge in [0.05, 0.1) is 6.04 Å². The molecule has 3 heterocycles. The molecule has 4 rings (SSSR count). The van der Waals surface area contributed by atoms with Crippen molar-refractivity contribution in [3.63, 3.8) is 0 Å². The fraction of sp³-hybridized carbons (Fsp3) is 0.471. The SMILES string of the molecule is CCC(=O)N1[C@@H]2CC[C@H]1Cc1nnc(-c3ccccc3)n1C2. The van der Waals surface area contributed by atoms with Gasteiger partial charge in [0, 0.05) is 31.0 Å². The van der Waals surface area contributed by atoms with Crippen LogP contribution in [-0.4, -0.2) is 37.7 Å². The molecule has 0 N–H and O–H groups in total. The molecule has 2 aromatic rings. The molecule has 1 saturated heterocycles. The quantitative estimate of drug-likeness (QED) is 0.854. The second-order valence-electron chi connectivity index (χ2n) is 6.16. The maximum Gasteiger partial charge on any atom is 0.222 e. The Kier molecular flexibility index (Phi) is 3.21. The number of hydrogen-bond donors (Lipinski definition) is 0. The van der Waals surface area contributed by atoms with E-state index in [2.05, 4.69) is 31.8 Å². The van der Waals surface area contributed by atoms with Gasteiger partial charge in [-0.15, -0.1) is 10.2 Å². The topological polar surface area (TPSA) is 51.0 Å². The monoisotopic (exact) mass is 296 g/mol. The first-order valence-electron chi connectivity index (χ1n) is 8.06. The number of benzene rings is 1. The molecule has 0 radical (unpaired) electrons. The van der Waals surface area contributed by atoms with Crippen LogP contribution in [0, 0.1) is 0 Å². The Balaban J connectivity index is 1.72. The summed E-state index contributed by atoms with van der Waals surface area (Å²) in [4.78, 5) is 14.4. The van der Waals surface area contributed by atoms with E-state index in [0.717, 1.165) is 43.0 Å². The van der Waals surface area contributed by atoms with Gasteiger partial charge < -0.3 is 9.47 Å². The molecule has 2 atom stereocenters. The molecule has 1 amide bonds. The largest absolute Gasteiger partial charge is 0.334 e. The molecule has 1 aromatic heterocycles. The number of rotatable bonds is 2. The van der Waals surface area contributed by atoms with Crippen molar-refractivity contribution in [3.8, 4) is 11.4 Å². The first-order chi connectivity index (χ1) is 10.8. The minimum atomic E-state index is 0.271. The predicted molar refractivity (Wildman–Crippen MR) is 83.1 cm³/mol. The smallest absolute Gasteiger partial charge is 0.222 e. The van der Waals surface area contributed by atoms with Gasteiger partial charge in [0.1, 0.15) is 5.82 Å². The van der Waals surface area contributed by atoms with E-state index in [4.69, 9.17) is 0 Å². The maximum atomic E-state index is 12.3. The summed E-state index contributed by atoms with van der Waals surface area (Å²) in [6.07, 6.45) is 3.58. The molecule has 0 saturated carbocycles. The highest BCUT2D eigenvalue weighted by molar-refractivity contribution is 5.77. The minimum Gasteiger partial charge on any atom is -0.334 e. The van der Waals surface area contributed by atoms with Gasteiger partial charge in [-0.25, -0.2) is 0 Å². The van der Waals surface area contributed by atoms with Gasteiger partial charge >= 0.3 is 0 Å². The molecule has 2 aliphatic heterocycles. The summed E-state index contributed by atoms with van der Waals surface area (Å²) in [5.74, 6) is 2.21. The van der Waals surface area contributed by atoms with E-state index < -0.39 is 0 Å². The highest BCUT2D eigenvalue weighted by Gasteiger charge is 2.40. The Hall–Kier alpha value is -2.17. The molecule has 2 aliphatic rings. The molecule has 0 aliphatic carbocycles. The van der Waals surface area contributed by atoms with Crippen LogP contribution in [0.1, 0.15) is 32.0 Å². The third-order valence-corrected chi connectivity index (χ3v) is 4.88. The summed E-state index contributed by atoms with van der Waals surface area (Å²) in [7, 11) is 0. The summed E-state index contributed by atoms with van der Waals surface area (Å²) in [5.41, 5.74) is 1.09. The van der Waals surface area contributed by atoms with E-state index >= 15 is 0 Å². The van der Waals surface area contributed by atoms with Crippen molar-refractivity contribution in [2.75, 3.05) is 0 Å². The molecule has 5 heteroatoms. The van der Waals surface area contributed by atoms with E-state index in [-0.39, 0.29) is 11.9 Å². The normalized spacial score (nSPS) is 23.2. The third-order valence-electron chi connectivity index (χ3n) is 4.88. The zero-order chi connectivity index (χ0) is 15.1. The highest BCUT2D eigenvalue weighted by atomic mass is 16.2. The van der Waals surface area contributed by atoms with Gasteiger partial charge in [0.2, 0.25) is 5.91 Å². The van der Waals surface area contributed by atoms with Crippen LogP contribution in [0.25, 0.3) is 11.4 Å². The average Bonchev–Trinajstić information content (AvgIpc) is 3.07. The van der Waals surface area contributed by atoms with Gasteiger partial charge in [-0.05, 0) is 12.8 Å². The van der Waals surface area contributed by atoms with Crippen molar-refractivity contribution in [1.82, 2.24) is 19.7 Å². The Morgan fingerprint density at radius 2 is 1.95 bits per heavy atom. The number of aromatic nitrogens is 3. The van der Waals surface area contributed by atoms with Crippen molar-refractivity contribution in [3.05, 3.63) is 36.2 Å². The lowest BCUT2D eigenvalue weighted by Crippen LogP contribution is -2.41. The Labute approximate surface area is 130 Å². The molecule has 1 aromatic carbocycles. The first kappa shape index (κ1) is 13.5. The number of carbonyl (C=O) groups excluding carboxylic acids is 1. The Morgan fingerprint density at radius 1 is 1.18 bits per heavy atom. The van der Waals surface area contributed by atoms with E-state index in [1.54, 1.807) is 0 Å². The highest BCUT2D eigenvalue weighted by Crippen LogP contribution is 2.33. The van der Waals surface area contributed by atoms with Crippen LogP contribution in [0.4, 0.5) is 0 Å². The average molecular weight is 296 g/mol. The molecular weight excluding hydrogens is 276 g/mol. The summed E-state index contributed by atoms with van der Waals surface area (Å²) in [6, 6.07) is 10.8. The van der Waals surface area contributed by atoms with Crippen molar-refractivity contribution in [2.45, 2.75) is 51.2 Å². The number of nitrogens with zero attached hydrogens (tertiary/aromatic N) is 4. The number of amides is 1. The summed E-state index contributed by atoms with van der Waals surface area (Å²) in [5, 5.41) is 8.81. The summed E-state index contributed by atoms with van der Waals surface area (Å²) < 4.78 is 2.22. The van der Waals surface area contributed by atoms with E-state index in [1.165, 1.54) is 0 Å². The lowest BCUT2D eigenvalue weighted by Gasteiger charge is -2.27. The van der Waals surface area contributed by atoms with Crippen LogP contribution >= 0.6 is 0 Å². The second kappa shape index (κ2) is 5.23. The fourth-order valence-electron chi connectivity index (χ4n) is 3.83. The second-order valence-corrected chi connectivity index (χ2v) is 6.16. The van der Waals surface area contributed by atoms with Crippen LogP contribution in [0.5, 0.6) is 0 Å². The predicted octanol–water partition coefficient (Wildman–Crippen LogP) is 2.27. The van der Waals surface area contributed by atoms with Crippen molar-refractivity contribution < 1.29 is 4.79 Å². The molecule has 1 fully saturated rings. The molecule has 0 spiro atoms. The summed E-state index contributed by atoms with van der Waals surface area (Å²) in [6.45, 7) is 2.76. The standard InChI is InChI=1S/C17H20N4O/c1-2-16(22)21-13-8-9-14(21)11-20-15(10-13)18-19-17(20)12-6-4-3-5-7-12/h3-7,13-14H,2,8-11H2,1H3/t13-,14+/m0/s1. The number of carbonyl (C=O) groups is 1. The zero-order valence-corrected chi connectivity index (χ0v) is 12.8. The Bertz CT molecular complexity index is 694. The third kappa shape index (κ3) is 2.03. The van der Waals surface area contributed by atoms with Crippen molar-refractivity contribution in [2.24, 2.45) is 0 Å². The number of fused-ring (bicyclic) bond motifs is 3. The van der Waals surface area contributed by atoms with Gasteiger partial charge in [-0.1, -0.05) is 37.3 Å². The van der Waals surface area contributed by atoms with E-state index in [1.807, 2.05) is 25.1 Å². The molecule has 114 valence electrons. The molecule has 5 nitrogen and oxygen atoms in total. The molecule has 22 heavy (non-hydrogen) atoms. The van der Waals surface area contributed by atoms with Gasteiger partial charge in [0.25, 0.3) is 0 Å². The lowest BCUT2D eigenvalue weighted by atomic mass is 10.1. The van der Waals surface area contributed by atoms with Gasteiger partial charge in [-0.3, -0.25) is 4.79 Å². The fourth-order valence-corrected chi connectivity index (χ4v) is 3.83. The first-order valence-corrected chi connectivity index (χ1v) is 8.06. The van der Waals surface area contributed by atoms with Crippen molar-refractivity contribution >= 4 is 5.91 Å². The lowest BCUT2D eigenvalue weighted by molar-refractivity contribution is -0.133. The molecule has 0 unspecified atom stereocenters. The maximum absolute atomic E-state index is 12.3. The van der Waals surface area contributed by atoms with Crippen LogP contribution in [0.3, 0.4) is 0 Å². The van der Waals surface area contributed by atoms with Gasteiger partial charge in [0.15, 0.2) is 5.82 Å². The zero-order valence-electron chi connectivity index (χ0n) is 12.8. The Morgan fingerprint density at radius 3 is 2.73 bits per heavy atom. The minimum absolute atomic E-state index is 0.271. The van der Waals surface area contributed by atoms with E-state index in [0.29, 0.717) is 12.5 Å². The van der Waals surface area contributed by atoms with Crippen molar-refractivity contribution in [1.29, 1.82) is 0 Å². The molecule has 2 bridgehead atoms. The van der Waals surface area contributed by atoms with Crippen LogP contribution < -0.4 is 0 Å². The van der Waals surface area contributed by atoms with Gasteiger partial charge in [-0.2, -0.15) is 0 Å². The van der Waals surface area contributed by atoms with Crippen LogP contribution in [0.2, 0.25) is 0 Å². The van der Waals surface area contributed by atoms with E-state index in [9.17, 15) is 4.79 Å². The van der Waals surface area contributed by atoms with Crippen LogP contribution in [0.15, 0.2) is 30.3 Å². The number of hydrogen-bond acceptors (Lipinski definition) is 3.